The number of aromatic nitrogens is 5. The summed E-state index contributed by atoms with van der Waals surface area (Å²) in [7, 11) is 0. The topological polar surface area (TPSA) is 59.4 Å². The average molecular weight is 251 g/mol. The molecule has 5 nitrogen and oxygen atoms in total. The van der Waals surface area contributed by atoms with Gasteiger partial charge in [-0.1, -0.05) is 29.5 Å². The van der Waals surface area contributed by atoms with E-state index in [1.165, 1.54) is 11.1 Å². The molecule has 0 aliphatic heterocycles. The van der Waals surface area contributed by atoms with Gasteiger partial charge in [0.15, 0.2) is 5.82 Å². The molecule has 94 valence electrons. The molecule has 2 aromatic heterocycles. The number of benzene rings is 1. The molecular formula is C14H13N5. The molecule has 1 aromatic carbocycles. The van der Waals surface area contributed by atoms with Crippen molar-refractivity contribution in [3.8, 4) is 11.5 Å². The van der Waals surface area contributed by atoms with E-state index < -0.39 is 0 Å². The molecule has 0 saturated carbocycles. The highest BCUT2D eigenvalue weighted by atomic mass is 15.4. The first-order valence-corrected chi connectivity index (χ1v) is 6.38. The second-order valence-corrected chi connectivity index (χ2v) is 4.85. The Morgan fingerprint density at radius 2 is 1.95 bits per heavy atom. The van der Waals surface area contributed by atoms with Crippen LogP contribution in [0.5, 0.6) is 0 Å². The van der Waals surface area contributed by atoms with Crippen molar-refractivity contribution in [3.63, 3.8) is 0 Å². The van der Waals surface area contributed by atoms with Crippen molar-refractivity contribution in [1.29, 1.82) is 0 Å². The normalized spacial score (nSPS) is 14.7. The second-order valence-electron chi connectivity index (χ2n) is 4.85. The fourth-order valence-corrected chi connectivity index (χ4v) is 2.69. The summed E-state index contributed by atoms with van der Waals surface area (Å²) in [4.78, 5) is 7.24. The molecule has 1 aliphatic carbocycles. The first-order chi connectivity index (χ1) is 9.40. The molecule has 5 heteroatoms. The maximum absolute atomic E-state index is 4.24. The summed E-state index contributed by atoms with van der Waals surface area (Å²) in [6.45, 7) is 0. The number of hydrogen-bond acceptors (Lipinski definition) is 3. The van der Waals surface area contributed by atoms with E-state index in [1.54, 1.807) is 12.4 Å². The third kappa shape index (κ3) is 1.74. The average Bonchev–Trinajstić information content (AvgIpc) is 3.17. The van der Waals surface area contributed by atoms with Gasteiger partial charge in [0, 0.05) is 12.4 Å². The number of hydrogen-bond donors (Lipinski definition) is 1. The Hall–Kier alpha value is -2.43. The van der Waals surface area contributed by atoms with Gasteiger partial charge >= 0.3 is 0 Å². The number of nitrogens with one attached hydrogen (secondary N) is 1. The summed E-state index contributed by atoms with van der Waals surface area (Å²) >= 11 is 0. The van der Waals surface area contributed by atoms with Gasteiger partial charge in [0.1, 0.15) is 5.69 Å². The molecule has 1 N–H and O–H groups in total. The van der Waals surface area contributed by atoms with Crippen LogP contribution in [0.15, 0.2) is 42.9 Å². The Labute approximate surface area is 110 Å². The number of aromatic amines is 1. The number of nitrogens with zero attached hydrogens (tertiary/aromatic N) is 4. The minimum absolute atomic E-state index is 0.369. The quantitative estimate of drug-likeness (QED) is 0.758. The Kier molecular flexibility index (Phi) is 2.24. The molecule has 0 unspecified atom stereocenters. The van der Waals surface area contributed by atoms with Gasteiger partial charge in [-0.15, -0.1) is 5.10 Å². The highest BCUT2D eigenvalue weighted by molar-refractivity contribution is 5.46. The smallest absolute Gasteiger partial charge is 0.159 e. The zero-order chi connectivity index (χ0) is 12.7. The summed E-state index contributed by atoms with van der Waals surface area (Å²) in [5.41, 5.74) is 3.63. The van der Waals surface area contributed by atoms with Crippen molar-refractivity contribution >= 4 is 0 Å². The van der Waals surface area contributed by atoms with Crippen LogP contribution >= 0.6 is 0 Å². The van der Waals surface area contributed by atoms with Gasteiger partial charge in [-0.3, -0.25) is 0 Å². The van der Waals surface area contributed by atoms with E-state index in [-0.39, 0.29) is 0 Å². The SMILES string of the molecule is c1ccc2c(c1)CC(n1cc(-c3ncc[nH]3)nn1)C2. The summed E-state index contributed by atoms with van der Waals surface area (Å²) in [6, 6.07) is 8.95. The fourth-order valence-electron chi connectivity index (χ4n) is 2.69. The number of fused-ring (bicyclic) bond motifs is 1. The maximum atomic E-state index is 4.24. The summed E-state index contributed by atoms with van der Waals surface area (Å²) in [5, 5.41) is 8.43. The van der Waals surface area contributed by atoms with Crippen LogP contribution in [0.3, 0.4) is 0 Å². The molecule has 0 fully saturated rings. The standard InChI is InChI=1S/C14H13N5/c1-2-4-11-8-12(7-10(11)3-1)19-9-13(17-18-19)14-15-5-6-16-14/h1-6,9,12H,7-8H2,(H,15,16). The van der Waals surface area contributed by atoms with Crippen molar-refractivity contribution in [2.24, 2.45) is 0 Å². The minimum atomic E-state index is 0.369. The van der Waals surface area contributed by atoms with Crippen LogP contribution in [0.1, 0.15) is 17.2 Å². The lowest BCUT2D eigenvalue weighted by Crippen LogP contribution is -2.09. The lowest BCUT2D eigenvalue weighted by Gasteiger charge is -2.07. The van der Waals surface area contributed by atoms with E-state index in [1.807, 2.05) is 10.9 Å². The molecule has 0 saturated heterocycles. The molecule has 0 spiro atoms. The second kappa shape index (κ2) is 4.05. The van der Waals surface area contributed by atoms with E-state index in [9.17, 15) is 0 Å². The summed E-state index contributed by atoms with van der Waals surface area (Å²) in [5.74, 6) is 0.766. The highest BCUT2D eigenvalue weighted by Crippen LogP contribution is 2.29. The van der Waals surface area contributed by atoms with E-state index in [4.69, 9.17) is 0 Å². The van der Waals surface area contributed by atoms with Crippen LogP contribution < -0.4 is 0 Å². The van der Waals surface area contributed by atoms with Crippen molar-refractivity contribution < 1.29 is 0 Å². The first kappa shape index (κ1) is 10.5. The molecule has 0 amide bonds. The Morgan fingerprint density at radius 3 is 2.63 bits per heavy atom. The largest absolute Gasteiger partial charge is 0.343 e. The Balaban J connectivity index is 1.62. The van der Waals surface area contributed by atoms with Gasteiger partial charge in [0.05, 0.1) is 12.2 Å². The minimum Gasteiger partial charge on any atom is -0.343 e. The van der Waals surface area contributed by atoms with Crippen molar-refractivity contribution in [3.05, 3.63) is 54.0 Å². The van der Waals surface area contributed by atoms with Crippen molar-refractivity contribution in [2.75, 3.05) is 0 Å². The molecular weight excluding hydrogens is 238 g/mol. The van der Waals surface area contributed by atoms with E-state index in [0.29, 0.717) is 6.04 Å². The van der Waals surface area contributed by atoms with Gasteiger partial charge < -0.3 is 4.98 Å². The van der Waals surface area contributed by atoms with Crippen LogP contribution in [-0.2, 0) is 12.8 Å². The van der Waals surface area contributed by atoms with Crippen LogP contribution in [0.25, 0.3) is 11.5 Å². The lowest BCUT2D eigenvalue weighted by atomic mass is 10.1. The van der Waals surface area contributed by atoms with Crippen LogP contribution in [0.2, 0.25) is 0 Å². The number of rotatable bonds is 2. The number of H-pyrrole nitrogens is 1. The molecule has 3 aromatic rings. The predicted octanol–water partition coefficient (Wildman–Crippen LogP) is 2.01. The molecule has 0 bridgehead atoms. The third-order valence-electron chi connectivity index (χ3n) is 3.65. The van der Waals surface area contributed by atoms with Crippen molar-refractivity contribution in [2.45, 2.75) is 18.9 Å². The fraction of sp³-hybridized carbons (Fsp3) is 0.214. The highest BCUT2D eigenvalue weighted by Gasteiger charge is 2.23. The van der Waals surface area contributed by atoms with E-state index >= 15 is 0 Å². The molecule has 1 aliphatic rings. The number of imidazole rings is 1. The zero-order valence-electron chi connectivity index (χ0n) is 10.3. The Morgan fingerprint density at radius 1 is 1.16 bits per heavy atom. The molecule has 0 radical (unpaired) electrons. The van der Waals surface area contributed by atoms with E-state index in [2.05, 4.69) is 44.5 Å². The third-order valence-corrected chi connectivity index (χ3v) is 3.65. The van der Waals surface area contributed by atoms with Gasteiger partial charge in [-0.05, 0) is 24.0 Å². The molecule has 2 heterocycles. The van der Waals surface area contributed by atoms with Crippen LogP contribution in [0, 0.1) is 0 Å². The van der Waals surface area contributed by atoms with Gasteiger partial charge in [-0.25, -0.2) is 9.67 Å². The Bertz CT molecular complexity index is 673. The predicted molar refractivity (Wildman–Crippen MR) is 70.5 cm³/mol. The molecule has 19 heavy (non-hydrogen) atoms. The van der Waals surface area contributed by atoms with Crippen molar-refractivity contribution in [1.82, 2.24) is 25.0 Å². The van der Waals surface area contributed by atoms with E-state index in [0.717, 1.165) is 24.4 Å². The van der Waals surface area contributed by atoms with Gasteiger partial charge in [0.25, 0.3) is 0 Å². The van der Waals surface area contributed by atoms with Gasteiger partial charge in [-0.2, -0.15) is 0 Å². The van der Waals surface area contributed by atoms with Crippen LogP contribution in [-0.4, -0.2) is 25.0 Å². The lowest BCUT2D eigenvalue weighted by molar-refractivity contribution is 0.461. The first-order valence-electron chi connectivity index (χ1n) is 6.38. The molecule has 4 rings (SSSR count). The maximum Gasteiger partial charge on any atom is 0.159 e. The summed E-state index contributed by atoms with van der Waals surface area (Å²) in [6.07, 6.45) is 7.53. The van der Waals surface area contributed by atoms with Crippen LogP contribution in [0.4, 0.5) is 0 Å². The molecule has 0 atom stereocenters. The zero-order valence-corrected chi connectivity index (χ0v) is 10.3. The van der Waals surface area contributed by atoms with Gasteiger partial charge in [0.2, 0.25) is 0 Å². The monoisotopic (exact) mass is 251 g/mol. The summed E-state index contributed by atoms with van der Waals surface area (Å²) < 4.78 is 1.96.